The third-order valence-electron chi connectivity index (χ3n) is 6.53. The first-order chi connectivity index (χ1) is 18.4. The number of rotatable bonds is 8. The number of aromatic nitrogens is 1. The van der Waals surface area contributed by atoms with Gasteiger partial charge in [0, 0.05) is 62.6 Å². The first-order valence-corrected chi connectivity index (χ1v) is 13.8. The number of fused-ring (bicyclic) bond motifs is 1. The molecule has 2 N–H and O–H groups in total. The molecule has 0 radical (unpaired) electrons. The normalized spacial score (nSPS) is 16.1. The van der Waals surface area contributed by atoms with Crippen molar-refractivity contribution >= 4 is 27.2 Å². The number of pyridine rings is 1. The Morgan fingerprint density at radius 1 is 1.05 bits per heavy atom. The Morgan fingerprint density at radius 3 is 2.53 bits per heavy atom. The molecule has 1 unspecified atom stereocenters. The predicted octanol–water partition coefficient (Wildman–Crippen LogP) is 3.24. The largest absolute Gasteiger partial charge is 0.454 e. The van der Waals surface area contributed by atoms with Gasteiger partial charge >= 0.3 is 6.03 Å². The number of carbonyl (C=O) groups excluding carboxylic acids is 1. The standard InChI is InChI=1S/C27H29N5O5S/c1-2-26(32-14-12-31(13-15-32)22-7-10-24-25(16-22)37-19-36-24)38(34,35)23-8-5-21(6-9-23)30-27(33)29-18-20-4-3-11-28-17-20/h2-11,16-17,26H,1,12-15,18-19H2,(H2,29,30,33). The second-order valence-electron chi connectivity index (χ2n) is 8.93. The van der Waals surface area contributed by atoms with E-state index in [9.17, 15) is 13.2 Å². The summed E-state index contributed by atoms with van der Waals surface area (Å²) in [7, 11) is -3.71. The number of carbonyl (C=O) groups is 1. The number of hydrogen-bond acceptors (Lipinski definition) is 8. The van der Waals surface area contributed by atoms with Crippen LogP contribution in [-0.4, -0.2) is 62.7 Å². The summed E-state index contributed by atoms with van der Waals surface area (Å²) in [6.07, 6.45) is 4.81. The van der Waals surface area contributed by atoms with Gasteiger partial charge in [-0.3, -0.25) is 9.88 Å². The number of ether oxygens (including phenoxy) is 2. The Bertz CT molecular complexity index is 1390. The molecular formula is C27H29N5O5S. The fourth-order valence-corrected chi connectivity index (χ4v) is 6.17. The van der Waals surface area contributed by atoms with E-state index in [0.29, 0.717) is 38.4 Å². The molecule has 2 aliphatic heterocycles. The van der Waals surface area contributed by atoms with E-state index in [2.05, 4.69) is 27.1 Å². The molecule has 1 aromatic heterocycles. The van der Waals surface area contributed by atoms with E-state index in [-0.39, 0.29) is 11.7 Å². The molecule has 0 aliphatic carbocycles. The zero-order chi connectivity index (χ0) is 26.5. The maximum absolute atomic E-state index is 13.5. The maximum atomic E-state index is 13.5. The van der Waals surface area contributed by atoms with E-state index in [1.807, 2.05) is 29.2 Å². The molecule has 1 fully saturated rings. The number of benzene rings is 2. The number of urea groups is 1. The van der Waals surface area contributed by atoms with Gasteiger partial charge in [0.25, 0.3) is 0 Å². The van der Waals surface area contributed by atoms with E-state index in [1.165, 1.54) is 18.2 Å². The highest BCUT2D eigenvalue weighted by Gasteiger charge is 2.33. The Labute approximate surface area is 221 Å². The van der Waals surface area contributed by atoms with E-state index >= 15 is 0 Å². The highest BCUT2D eigenvalue weighted by molar-refractivity contribution is 7.92. The van der Waals surface area contributed by atoms with Crippen LogP contribution >= 0.6 is 0 Å². The number of sulfone groups is 1. The van der Waals surface area contributed by atoms with Gasteiger partial charge < -0.3 is 25.0 Å². The van der Waals surface area contributed by atoms with Crippen LogP contribution in [0.15, 0.2) is 84.5 Å². The molecule has 10 nitrogen and oxygen atoms in total. The quantitative estimate of drug-likeness (QED) is 0.423. The van der Waals surface area contributed by atoms with Gasteiger partial charge in [0.2, 0.25) is 6.79 Å². The van der Waals surface area contributed by atoms with Gasteiger partial charge in [0.15, 0.2) is 21.3 Å². The van der Waals surface area contributed by atoms with E-state index < -0.39 is 21.2 Å². The Hall–Kier alpha value is -4.09. The molecule has 198 valence electrons. The van der Waals surface area contributed by atoms with E-state index in [1.54, 1.807) is 30.6 Å². The van der Waals surface area contributed by atoms with Crippen molar-refractivity contribution in [2.75, 3.05) is 43.2 Å². The van der Waals surface area contributed by atoms with Crippen LogP contribution < -0.4 is 25.0 Å². The molecular weight excluding hydrogens is 506 g/mol. The predicted molar refractivity (Wildman–Crippen MR) is 144 cm³/mol. The molecule has 3 heterocycles. The van der Waals surface area contributed by atoms with Crippen LogP contribution in [0.2, 0.25) is 0 Å². The minimum atomic E-state index is -3.71. The van der Waals surface area contributed by atoms with Crippen molar-refractivity contribution in [2.24, 2.45) is 0 Å². The van der Waals surface area contributed by atoms with Gasteiger partial charge in [-0.15, -0.1) is 6.58 Å². The van der Waals surface area contributed by atoms with Gasteiger partial charge in [-0.1, -0.05) is 12.1 Å². The first-order valence-electron chi connectivity index (χ1n) is 12.2. The molecule has 0 bridgehead atoms. The average molecular weight is 536 g/mol. The van der Waals surface area contributed by atoms with Crippen LogP contribution in [0.25, 0.3) is 0 Å². The van der Waals surface area contributed by atoms with E-state index in [0.717, 1.165) is 22.7 Å². The Kier molecular flexibility index (Phi) is 7.47. The monoisotopic (exact) mass is 535 g/mol. The second-order valence-corrected chi connectivity index (χ2v) is 11.0. The van der Waals surface area contributed by atoms with Crippen molar-refractivity contribution in [1.82, 2.24) is 15.2 Å². The van der Waals surface area contributed by atoms with Crippen LogP contribution in [0.1, 0.15) is 5.56 Å². The lowest BCUT2D eigenvalue weighted by Crippen LogP contribution is -2.52. The van der Waals surface area contributed by atoms with Crippen molar-refractivity contribution in [3.05, 3.63) is 85.2 Å². The van der Waals surface area contributed by atoms with Crippen LogP contribution in [-0.2, 0) is 16.4 Å². The Morgan fingerprint density at radius 2 is 1.82 bits per heavy atom. The number of anilines is 2. The summed E-state index contributed by atoms with van der Waals surface area (Å²) in [6.45, 7) is 6.80. The zero-order valence-corrected chi connectivity index (χ0v) is 21.6. The van der Waals surface area contributed by atoms with Crippen molar-refractivity contribution in [2.45, 2.75) is 16.8 Å². The lowest BCUT2D eigenvalue weighted by atomic mass is 10.2. The van der Waals surface area contributed by atoms with Gasteiger partial charge in [0.1, 0.15) is 5.37 Å². The molecule has 0 spiro atoms. The molecule has 11 heteroatoms. The number of nitrogens with one attached hydrogen (secondary N) is 2. The summed E-state index contributed by atoms with van der Waals surface area (Å²) in [4.78, 5) is 20.5. The summed E-state index contributed by atoms with van der Waals surface area (Å²) in [5, 5.41) is 4.60. The fraction of sp³-hybridized carbons (Fsp3) is 0.259. The number of hydrogen-bond donors (Lipinski definition) is 2. The molecule has 1 atom stereocenters. The average Bonchev–Trinajstić information content (AvgIpc) is 3.42. The minimum absolute atomic E-state index is 0.168. The highest BCUT2D eigenvalue weighted by atomic mass is 32.2. The molecule has 38 heavy (non-hydrogen) atoms. The lowest BCUT2D eigenvalue weighted by Gasteiger charge is -2.39. The molecule has 0 saturated carbocycles. The maximum Gasteiger partial charge on any atom is 0.319 e. The molecule has 2 amide bonds. The van der Waals surface area contributed by atoms with Crippen molar-refractivity contribution in [3.63, 3.8) is 0 Å². The summed E-state index contributed by atoms with van der Waals surface area (Å²) < 4.78 is 37.8. The van der Waals surface area contributed by atoms with Crippen molar-refractivity contribution in [1.29, 1.82) is 0 Å². The minimum Gasteiger partial charge on any atom is -0.454 e. The second kappa shape index (κ2) is 11.1. The number of piperazine rings is 1. The Balaban J connectivity index is 1.18. The molecule has 3 aromatic rings. The summed E-state index contributed by atoms with van der Waals surface area (Å²) in [5.74, 6) is 1.46. The van der Waals surface area contributed by atoms with Crippen LogP contribution in [0.3, 0.4) is 0 Å². The smallest absolute Gasteiger partial charge is 0.319 e. The molecule has 2 aliphatic rings. The van der Waals surface area contributed by atoms with E-state index in [4.69, 9.17) is 9.47 Å². The third kappa shape index (κ3) is 5.58. The molecule has 2 aromatic carbocycles. The summed E-state index contributed by atoms with van der Waals surface area (Å²) >= 11 is 0. The fourth-order valence-electron chi connectivity index (χ4n) is 4.52. The molecule has 5 rings (SSSR count). The van der Waals surface area contributed by atoms with Crippen LogP contribution in [0.5, 0.6) is 11.5 Å². The van der Waals surface area contributed by atoms with Crippen molar-refractivity contribution in [3.8, 4) is 11.5 Å². The SMILES string of the molecule is C=CC(N1CCN(c2ccc3c(c2)OCO3)CC1)S(=O)(=O)c1ccc(NC(=O)NCc2cccnc2)cc1. The number of nitrogens with zero attached hydrogens (tertiary/aromatic N) is 3. The molecule has 1 saturated heterocycles. The topological polar surface area (TPSA) is 113 Å². The lowest BCUT2D eigenvalue weighted by molar-refractivity contribution is 0.174. The van der Waals surface area contributed by atoms with Gasteiger partial charge in [0.05, 0.1) is 4.90 Å². The van der Waals surface area contributed by atoms with Gasteiger partial charge in [-0.05, 0) is 48.0 Å². The highest BCUT2D eigenvalue weighted by Crippen LogP contribution is 2.36. The third-order valence-corrected chi connectivity index (χ3v) is 8.59. The van der Waals surface area contributed by atoms with Gasteiger partial charge in [-0.2, -0.15) is 0 Å². The zero-order valence-electron chi connectivity index (χ0n) is 20.7. The van der Waals surface area contributed by atoms with Gasteiger partial charge in [-0.25, -0.2) is 13.2 Å². The number of amides is 2. The van der Waals surface area contributed by atoms with Crippen LogP contribution in [0, 0.1) is 0 Å². The van der Waals surface area contributed by atoms with Crippen molar-refractivity contribution < 1.29 is 22.7 Å². The van der Waals surface area contributed by atoms with Crippen LogP contribution in [0.4, 0.5) is 16.2 Å². The summed E-state index contributed by atoms with van der Waals surface area (Å²) in [5.41, 5.74) is 2.37. The summed E-state index contributed by atoms with van der Waals surface area (Å²) in [6, 6.07) is 15.3. The first kappa shape index (κ1) is 25.6.